The van der Waals surface area contributed by atoms with Gasteiger partial charge in [0.15, 0.2) is 5.82 Å². The predicted molar refractivity (Wildman–Crippen MR) is 77.8 cm³/mol. The monoisotopic (exact) mass is 338 g/mol. The quantitative estimate of drug-likeness (QED) is 0.586. The molecule has 0 aliphatic carbocycles. The number of ether oxygens (including phenoxy) is 1. The summed E-state index contributed by atoms with van der Waals surface area (Å²) >= 11 is 0. The van der Waals surface area contributed by atoms with Crippen LogP contribution in [-0.4, -0.2) is 21.1 Å². The van der Waals surface area contributed by atoms with Gasteiger partial charge in [0.2, 0.25) is 0 Å². The molecule has 0 amide bonds. The molecular formula is C15H10F4N4O. The number of alkyl halides is 3. The maximum Gasteiger partial charge on any atom is 0.573 e. The number of nitrogen functional groups attached to an aromatic ring is 1. The first-order valence-electron chi connectivity index (χ1n) is 6.65. The number of anilines is 1. The van der Waals surface area contributed by atoms with Crippen LogP contribution in [0.4, 0.5) is 23.2 Å². The van der Waals surface area contributed by atoms with Crippen molar-refractivity contribution in [1.29, 1.82) is 0 Å². The molecule has 0 bridgehead atoms. The molecule has 0 aliphatic rings. The van der Waals surface area contributed by atoms with Crippen molar-refractivity contribution in [3.63, 3.8) is 0 Å². The lowest BCUT2D eigenvalue weighted by molar-refractivity contribution is -0.274. The Bertz CT molecular complexity index is 859. The molecule has 3 rings (SSSR count). The number of hydrogen-bond donors (Lipinski definition) is 1. The summed E-state index contributed by atoms with van der Waals surface area (Å²) in [6, 6.07) is 9.27. The van der Waals surface area contributed by atoms with Crippen LogP contribution in [0.15, 0.2) is 48.8 Å². The van der Waals surface area contributed by atoms with Crippen LogP contribution in [0.25, 0.3) is 17.1 Å². The van der Waals surface area contributed by atoms with E-state index in [0.717, 1.165) is 12.1 Å². The summed E-state index contributed by atoms with van der Waals surface area (Å²) in [5.74, 6) is -0.672. The highest BCUT2D eigenvalue weighted by Gasteiger charge is 2.30. The molecule has 2 aromatic carbocycles. The van der Waals surface area contributed by atoms with Crippen molar-refractivity contribution in [2.45, 2.75) is 6.36 Å². The number of aromatic nitrogens is 3. The van der Waals surface area contributed by atoms with E-state index < -0.39 is 12.2 Å². The molecule has 0 fully saturated rings. The summed E-state index contributed by atoms with van der Waals surface area (Å²) in [6.45, 7) is 0. The van der Waals surface area contributed by atoms with Gasteiger partial charge in [-0.2, -0.15) is 0 Å². The highest BCUT2D eigenvalue weighted by atomic mass is 19.4. The van der Waals surface area contributed by atoms with Gasteiger partial charge in [-0.25, -0.2) is 14.1 Å². The standard InChI is InChI=1S/C15H10F4N4O/c16-12-7-9(1-6-13(12)20)14-21-8-23(22-14)10-2-4-11(5-3-10)24-15(17,18)19/h1-8H,20H2. The third-order valence-electron chi connectivity index (χ3n) is 3.09. The highest BCUT2D eigenvalue weighted by Crippen LogP contribution is 2.24. The van der Waals surface area contributed by atoms with Crippen LogP contribution >= 0.6 is 0 Å². The first-order chi connectivity index (χ1) is 11.3. The fourth-order valence-corrected chi connectivity index (χ4v) is 1.99. The Labute approximate surface area is 133 Å². The Balaban J connectivity index is 1.84. The Morgan fingerprint density at radius 1 is 1.04 bits per heavy atom. The van der Waals surface area contributed by atoms with Gasteiger partial charge in [-0.05, 0) is 42.5 Å². The molecule has 1 aromatic heterocycles. The Morgan fingerprint density at radius 2 is 1.75 bits per heavy atom. The summed E-state index contributed by atoms with van der Waals surface area (Å²) in [5.41, 5.74) is 6.32. The third kappa shape index (κ3) is 3.45. The van der Waals surface area contributed by atoms with Crippen molar-refractivity contribution < 1.29 is 22.3 Å². The second kappa shape index (κ2) is 5.84. The average molecular weight is 338 g/mol. The van der Waals surface area contributed by atoms with E-state index in [4.69, 9.17) is 5.73 Å². The molecular weight excluding hydrogens is 328 g/mol. The summed E-state index contributed by atoms with van der Waals surface area (Å²) in [5, 5.41) is 4.16. The van der Waals surface area contributed by atoms with E-state index in [2.05, 4.69) is 14.8 Å². The van der Waals surface area contributed by atoms with Gasteiger partial charge in [0, 0.05) is 5.56 Å². The van der Waals surface area contributed by atoms with Gasteiger partial charge in [0.25, 0.3) is 0 Å². The van der Waals surface area contributed by atoms with Crippen molar-refractivity contribution in [2.24, 2.45) is 0 Å². The topological polar surface area (TPSA) is 66.0 Å². The van der Waals surface area contributed by atoms with Crippen LogP contribution in [0.1, 0.15) is 0 Å². The number of nitrogens with zero attached hydrogens (tertiary/aromatic N) is 3. The second-order valence-electron chi connectivity index (χ2n) is 4.79. The first-order valence-corrected chi connectivity index (χ1v) is 6.65. The molecule has 5 nitrogen and oxygen atoms in total. The van der Waals surface area contributed by atoms with Crippen LogP contribution in [0.2, 0.25) is 0 Å². The zero-order valence-electron chi connectivity index (χ0n) is 12.0. The molecule has 0 saturated heterocycles. The Hall–Kier alpha value is -3.10. The van der Waals surface area contributed by atoms with E-state index in [1.807, 2.05) is 0 Å². The lowest BCUT2D eigenvalue weighted by atomic mass is 10.2. The summed E-state index contributed by atoms with van der Waals surface area (Å²) in [4.78, 5) is 4.05. The molecule has 0 aliphatic heterocycles. The second-order valence-corrected chi connectivity index (χ2v) is 4.79. The number of benzene rings is 2. The number of halogens is 4. The first kappa shape index (κ1) is 15.8. The zero-order chi connectivity index (χ0) is 17.3. The van der Waals surface area contributed by atoms with E-state index in [1.54, 1.807) is 6.07 Å². The van der Waals surface area contributed by atoms with Gasteiger partial charge in [-0.1, -0.05) is 0 Å². The summed E-state index contributed by atoms with van der Waals surface area (Å²) < 4.78 is 55.0. The fraction of sp³-hybridized carbons (Fsp3) is 0.0667. The molecule has 3 aromatic rings. The molecule has 0 unspecified atom stereocenters. The molecule has 0 radical (unpaired) electrons. The lowest BCUT2D eigenvalue weighted by Gasteiger charge is -2.09. The van der Waals surface area contributed by atoms with Crippen LogP contribution in [-0.2, 0) is 0 Å². The lowest BCUT2D eigenvalue weighted by Crippen LogP contribution is -2.17. The largest absolute Gasteiger partial charge is 0.573 e. The molecule has 0 spiro atoms. The highest BCUT2D eigenvalue weighted by molar-refractivity contribution is 5.59. The zero-order valence-corrected chi connectivity index (χ0v) is 12.0. The molecule has 2 N–H and O–H groups in total. The van der Waals surface area contributed by atoms with Gasteiger partial charge < -0.3 is 10.5 Å². The number of hydrogen-bond acceptors (Lipinski definition) is 4. The van der Waals surface area contributed by atoms with Gasteiger partial charge in [0.05, 0.1) is 11.4 Å². The van der Waals surface area contributed by atoms with E-state index in [-0.39, 0.29) is 17.3 Å². The Morgan fingerprint density at radius 3 is 2.38 bits per heavy atom. The van der Waals surface area contributed by atoms with Gasteiger partial charge in [-0.3, -0.25) is 0 Å². The minimum absolute atomic E-state index is 0.0124. The van der Waals surface area contributed by atoms with Crippen molar-refractivity contribution in [1.82, 2.24) is 14.8 Å². The van der Waals surface area contributed by atoms with Crippen molar-refractivity contribution in [2.75, 3.05) is 5.73 Å². The fourth-order valence-electron chi connectivity index (χ4n) is 1.99. The van der Waals surface area contributed by atoms with Crippen LogP contribution in [0.5, 0.6) is 5.75 Å². The van der Waals surface area contributed by atoms with Gasteiger partial charge >= 0.3 is 6.36 Å². The minimum Gasteiger partial charge on any atom is -0.406 e. The van der Waals surface area contributed by atoms with E-state index in [9.17, 15) is 17.6 Å². The van der Waals surface area contributed by atoms with Crippen molar-refractivity contribution in [3.05, 3.63) is 54.6 Å². The predicted octanol–water partition coefficient (Wildman–Crippen LogP) is 3.55. The van der Waals surface area contributed by atoms with Crippen LogP contribution in [0, 0.1) is 5.82 Å². The van der Waals surface area contributed by atoms with Gasteiger partial charge in [0.1, 0.15) is 17.9 Å². The molecule has 124 valence electrons. The molecule has 1 heterocycles. The number of rotatable bonds is 3. The van der Waals surface area contributed by atoms with Crippen LogP contribution in [0.3, 0.4) is 0 Å². The molecule has 0 atom stereocenters. The third-order valence-corrected chi connectivity index (χ3v) is 3.09. The smallest absolute Gasteiger partial charge is 0.406 e. The van der Waals surface area contributed by atoms with Crippen molar-refractivity contribution in [3.8, 4) is 22.8 Å². The normalized spacial score (nSPS) is 11.5. The molecule has 24 heavy (non-hydrogen) atoms. The molecule has 0 saturated carbocycles. The van der Waals surface area contributed by atoms with E-state index in [0.29, 0.717) is 11.3 Å². The number of nitrogens with two attached hydrogens (primary N) is 1. The summed E-state index contributed by atoms with van der Waals surface area (Å²) in [6.07, 6.45) is -3.38. The maximum absolute atomic E-state index is 13.5. The van der Waals surface area contributed by atoms with E-state index >= 15 is 0 Å². The van der Waals surface area contributed by atoms with E-state index in [1.165, 1.54) is 35.3 Å². The maximum atomic E-state index is 13.5. The SMILES string of the molecule is Nc1ccc(-c2ncn(-c3ccc(OC(F)(F)F)cc3)n2)cc1F. The van der Waals surface area contributed by atoms with Crippen molar-refractivity contribution >= 4 is 5.69 Å². The van der Waals surface area contributed by atoms with Crippen LogP contribution < -0.4 is 10.5 Å². The van der Waals surface area contributed by atoms with Gasteiger partial charge in [-0.15, -0.1) is 18.3 Å². The minimum atomic E-state index is -4.75. The molecule has 9 heteroatoms. The average Bonchev–Trinajstić information content (AvgIpc) is 2.99. The summed E-state index contributed by atoms with van der Waals surface area (Å²) in [7, 11) is 0. The Kier molecular flexibility index (Phi) is 3.84.